The van der Waals surface area contributed by atoms with Crippen molar-refractivity contribution in [1.82, 2.24) is 15.1 Å². The molecule has 90 valence electrons. The van der Waals surface area contributed by atoms with Crippen molar-refractivity contribution < 1.29 is 9.90 Å². The van der Waals surface area contributed by atoms with Crippen LogP contribution in [0.2, 0.25) is 0 Å². The molecule has 0 fully saturated rings. The van der Waals surface area contributed by atoms with E-state index in [1.807, 2.05) is 6.26 Å². The first-order chi connectivity index (χ1) is 7.46. The number of nitrogens with one attached hydrogen (secondary N) is 1. The number of rotatable bonds is 5. The minimum absolute atomic E-state index is 0.221. The smallest absolute Gasteiger partial charge is 0.269 e. The van der Waals surface area contributed by atoms with Crippen LogP contribution in [0.25, 0.3) is 0 Å². The molecule has 0 radical (unpaired) electrons. The molecule has 1 aromatic rings. The fourth-order valence-corrected chi connectivity index (χ4v) is 2.04. The van der Waals surface area contributed by atoms with Crippen LogP contribution in [0.5, 0.6) is 0 Å². The maximum Gasteiger partial charge on any atom is 0.269 e. The highest BCUT2D eigenvalue weighted by Crippen LogP contribution is 2.09. The summed E-state index contributed by atoms with van der Waals surface area (Å²) in [4.78, 5) is 11.7. The largest absolute Gasteiger partial charge is 0.387 e. The van der Waals surface area contributed by atoms with Gasteiger partial charge < -0.3 is 10.4 Å². The molecule has 6 heteroatoms. The van der Waals surface area contributed by atoms with Crippen LogP contribution in [0.15, 0.2) is 12.3 Å². The molecule has 1 rings (SSSR count). The van der Waals surface area contributed by atoms with Crippen LogP contribution in [0.1, 0.15) is 17.4 Å². The van der Waals surface area contributed by atoms with E-state index in [2.05, 4.69) is 10.4 Å². The standard InChI is InChI=1S/C10H17N3O2S/c1-10(15,7-16-3)6-11-9(14)8-4-5-12-13(8)2/h4-5,15H,6-7H2,1-3H3,(H,11,14). The quantitative estimate of drug-likeness (QED) is 0.778. The molecule has 5 nitrogen and oxygen atoms in total. The number of carbonyl (C=O) groups excluding carboxylic acids is 1. The minimum Gasteiger partial charge on any atom is -0.387 e. The summed E-state index contributed by atoms with van der Waals surface area (Å²) in [7, 11) is 1.70. The van der Waals surface area contributed by atoms with Gasteiger partial charge in [0.25, 0.3) is 5.91 Å². The maximum absolute atomic E-state index is 11.7. The van der Waals surface area contributed by atoms with E-state index in [-0.39, 0.29) is 12.5 Å². The predicted molar refractivity (Wildman–Crippen MR) is 64.5 cm³/mol. The Balaban J connectivity index is 2.51. The molecule has 16 heavy (non-hydrogen) atoms. The number of hydrogen-bond donors (Lipinski definition) is 2. The third-order valence-corrected chi connectivity index (χ3v) is 3.05. The van der Waals surface area contributed by atoms with Crippen LogP contribution in [0.4, 0.5) is 0 Å². The SMILES string of the molecule is CSCC(C)(O)CNC(=O)c1ccnn1C. The molecular formula is C10H17N3O2S. The molecule has 1 heterocycles. The van der Waals surface area contributed by atoms with Gasteiger partial charge in [0.05, 0.1) is 5.60 Å². The fraction of sp³-hybridized carbons (Fsp3) is 0.600. The molecular weight excluding hydrogens is 226 g/mol. The van der Waals surface area contributed by atoms with Crippen molar-refractivity contribution in [3.63, 3.8) is 0 Å². The van der Waals surface area contributed by atoms with Gasteiger partial charge in [-0.3, -0.25) is 9.48 Å². The van der Waals surface area contributed by atoms with Gasteiger partial charge in [0, 0.05) is 25.5 Å². The van der Waals surface area contributed by atoms with E-state index in [0.717, 1.165) is 0 Å². The number of amides is 1. The number of aromatic nitrogens is 2. The summed E-state index contributed by atoms with van der Waals surface area (Å²) >= 11 is 1.54. The van der Waals surface area contributed by atoms with E-state index in [1.165, 1.54) is 4.68 Å². The molecule has 1 aromatic heterocycles. The molecule has 0 spiro atoms. The Morgan fingerprint density at radius 1 is 1.75 bits per heavy atom. The summed E-state index contributed by atoms with van der Waals surface area (Å²) in [5.74, 6) is 0.361. The van der Waals surface area contributed by atoms with Gasteiger partial charge in [-0.1, -0.05) is 0 Å². The van der Waals surface area contributed by atoms with Crippen molar-refractivity contribution in [2.45, 2.75) is 12.5 Å². The van der Waals surface area contributed by atoms with Crippen LogP contribution in [-0.4, -0.2) is 44.9 Å². The molecule has 0 bridgehead atoms. The van der Waals surface area contributed by atoms with E-state index >= 15 is 0 Å². The highest BCUT2D eigenvalue weighted by molar-refractivity contribution is 7.98. The van der Waals surface area contributed by atoms with Gasteiger partial charge in [-0.25, -0.2) is 0 Å². The van der Waals surface area contributed by atoms with E-state index in [1.54, 1.807) is 38.0 Å². The maximum atomic E-state index is 11.7. The van der Waals surface area contributed by atoms with Crippen molar-refractivity contribution in [1.29, 1.82) is 0 Å². The first-order valence-corrected chi connectivity index (χ1v) is 6.33. The van der Waals surface area contributed by atoms with Crippen LogP contribution < -0.4 is 5.32 Å². The number of carbonyl (C=O) groups is 1. The Labute approximate surface area is 99.2 Å². The highest BCUT2D eigenvalue weighted by Gasteiger charge is 2.21. The third-order valence-electron chi connectivity index (χ3n) is 2.14. The van der Waals surface area contributed by atoms with E-state index in [4.69, 9.17) is 0 Å². The summed E-state index contributed by atoms with van der Waals surface area (Å²) in [5.41, 5.74) is -0.395. The summed E-state index contributed by atoms with van der Waals surface area (Å²) in [6, 6.07) is 1.64. The fourth-order valence-electron chi connectivity index (χ4n) is 1.32. The van der Waals surface area contributed by atoms with E-state index < -0.39 is 5.60 Å². The lowest BCUT2D eigenvalue weighted by Crippen LogP contribution is -2.42. The third kappa shape index (κ3) is 3.53. The van der Waals surface area contributed by atoms with Crippen LogP contribution in [0, 0.1) is 0 Å². The van der Waals surface area contributed by atoms with Crippen LogP contribution in [-0.2, 0) is 7.05 Å². The van der Waals surface area contributed by atoms with Gasteiger partial charge in [-0.2, -0.15) is 16.9 Å². The van der Waals surface area contributed by atoms with Gasteiger partial charge in [0.15, 0.2) is 0 Å². The second-order valence-corrected chi connectivity index (χ2v) is 4.82. The van der Waals surface area contributed by atoms with Crippen molar-refractivity contribution in [2.75, 3.05) is 18.6 Å². The molecule has 0 aliphatic heterocycles. The zero-order chi connectivity index (χ0) is 12.2. The lowest BCUT2D eigenvalue weighted by Gasteiger charge is -2.22. The van der Waals surface area contributed by atoms with Crippen molar-refractivity contribution >= 4 is 17.7 Å². The average molecular weight is 243 g/mol. The van der Waals surface area contributed by atoms with E-state index in [9.17, 15) is 9.90 Å². The Bertz CT molecular complexity index is 363. The molecule has 0 saturated heterocycles. The molecule has 1 amide bonds. The Hall–Kier alpha value is -1.01. The van der Waals surface area contributed by atoms with Crippen molar-refractivity contribution in [3.05, 3.63) is 18.0 Å². The predicted octanol–water partition coefficient (Wildman–Crippen LogP) is 0.264. The number of aliphatic hydroxyl groups is 1. The molecule has 0 aliphatic carbocycles. The molecule has 1 atom stereocenters. The van der Waals surface area contributed by atoms with E-state index in [0.29, 0.717) is 11.4 Å². The lowest BCUT2D eigenvalue weighted by molar-refractivity contribution is 0.0720. The van der Waals surface area contributed by atoms with Gasteiger partial charge in [-0.15, -0.1) is 0 Å². The minimum atomic E-state index is -0.881. The summed E-state index contributed by atoms with van der Waals surface area (Å²) in [6.07, 6.45) is 3.48. The molecule has 0 aliphatic rings. The highest BCUT2D eigenvalue weighted by atomic mass is 32.2. The van der Waals surface area contributed by atoms with Gasteiger partial charge in [-0.05, 0) is 19.2 Å². The van der Waals surface area contributed by atoms with Gasteiger partial charge in [0.2, 0.25) is 0 Å². The summed E-state index contributed by atoms with van der Waals surface area (Å²) in [5, 5.41) is 16.5. The Morgan fingerprint density at radius 2 is 2.44 bits per heavy atom. The zero-order valence-corrected chi connectivity index (χ0v) is 10.5. The number of nitrogens with zero attached hydrogens (tertiary/aromatic N) is 2. The second-order valence-electron chi connectivity index (χ2n) is 3.95. The normalized spacial score (nSPS) is 14.5. The first kappa shape index (κ1) is 13.1. The van der Waals surface area contributed by atoms with Crippen molar-refractivity contribution in [2.24, 2.45) is 7.05 Å². The number of hydrogen-bond acceptors (Lipinski definition) is 4. The zero-order valence-electron chi connectivity index (χ0n) is 9.73. The molecule has 0 aromatic carbocycles. The van der Waals surface area contributed by atoms with Crippen LogP contribution in [0.3, 0.4) is 0 Å². The number of aryl methyl sites for hydroxylation is 1. The summed E-state index contributed by atoms with van der Waals surface area (Å²) in [6.45, 7) is 1.94. The second kappa shape index (κ2) is 5.36. The first-order valence-electron chi connectivity index (χ1n) is 4.94. The Kier molecular flexibility index (Phi) is 4.37. The van der Waals surface area contributed by atoms with Crippen LogP contribution >= 0.6 is 11.8 Å². The molecule has 1 unspecified atom stereocenters. The monoisotopic (exact) mass is 243 g/mol. The topological polar surface area (TPSA) is 67.2 Å². The van der Waals surface area contributed by atoms with Gasteiger partial charge in [0.1, 0.15) is 5.69 Å². The van der Waals surface area contributed by atoms with Crippen molar-refractivity contribution in [3.8, 4) is 0 Å². The van der Waals surface area contributed by atoms with Gasteiger partial charge >= 0.3 is 0 Å². The Morgan fingerprint density at radius 3 is 2.94 bits per heavy atom. The molecule has 0 saturated carbocycles. The lowest BCUT2D eigenvalue weighted by atomic mass is 10.1. The molecule has 2 N–H and O–H groups in total. The summed E-state index contributed by atoms with van der Waals surface area (Å²) < 4.78 is 1.50. The average Bonchev–Trinajstić information content (AvgIpc) is 2.61. The number of thioether (sulfide) groups is 1.